The molecular formula is C25H27N5O4. The number of aliphatic hydroxyl groups excluding tert-OH is 1. The van der Waals surface area contributed by atoms with E-state index in [1.165, 1.54) is 12.8 Å². The van der Waals surface area contributed by atoms with Gasteiger partial charge in [0.05, 0.1) is 25.5 Å². The van der Waals surface area contributed by atoms with Crippen molar-refractivity contribution < 1.29 is 19.2 Å². The molecule has 3 heterocycles. The Labute approximate surface area is 196 Å². The number of benzene rings is 1. The van der Waals surface area contributed by atoms with Crippen molar-refractivity contribution in [3.63, 3.8) is 0 Å². The van der Waals surface area contributed by atoms with Gasteiger partial charge in [0.15, 0.2) is 0 Å². The van der Waals surface area contributed by atoms with Crippen molar-refractivity contribution in [3.05, 3.63) is 65.9 Å². The Morgan fingerprint density at radius 3 is 2.85 bits per heavy atom. The summed E-state index contributed by atoms with van der Waals surface area (Å²) in [4.78, 5) is 21.5. The second-order valence-corrected chi connectivity index (χ2v) is 8.58. The van der Waals surface area contributed by atoms with Gasteiger partial charge in [0.25, 0.3) is 5.91 Å². The van der Waals surface area contributed by atoms with Gasteiger partial charge in [-0.05, 0) is 56.4 Å². The second-order valence-electron chi connectivity index (χ2n) is 8.58. The normalized spacial score (nSPS) is 15.1. The van der Waals surface area contributed by atoms with Crippen LogP contribution in [0, 0.1) is 6.92 Å². The Hall–Kier alpha value is -3.56. The number of pyridine rings is 1. The molecule has 0 aliphatic heterocycles. The van der Waals surface area contributed by atoms with E-state index in [1.54, 1.807) is 10.6 Å². The molecule has 34 heavy (non-hydrogen) atoms. The van der Waals surface area contributed by atoms with E-state index >= 15 is 0 Å². The highest BCUT2D eigenvalue weighted by Crippen LogP contribution is 2.39. The summed E-state index contributed by atoms with van der Waals surface area (Å²) in [6.45, 7) is 2.63. The number of anilines is 1. The minimum absolute atomic E-state index is 0.163. The predicted octanol–water partition coefficient (Wildman–Crippen LogP) is 3.98. The van der Waals surface area contributed by atoms with Crippen LogP contribution < -0.4 is 5.32 Å². The standard InChI is InChI=1S/C20H17N5O2.C5H10O2/c1-12-5-6-14(18-23-20(27-24-18)13-7-8-13)10-15(12)22-19(26)16-11-21-17-4-2-3-9-25(16)17;6-3-4-7-5-1-2-5/h2-6,9-11,13H,7-8H2,1H3,(H,22,26);5-6H,1-4H2. The quantitative estimate of drug-likeness (QED) is 0.428. The minimum Gasteiger partial charge on any atom is -0.394 e. The number of hydrogen-bond donors (Lipinski definition) is 2. The minimum atomic E-state index is -0.222. The highest BCUT2D eigenvalue weighted by molar-refractivity contribution is 6.04. The Kier molecular flexibility index (Phi) is 6.37. The van der Waals surface area contributed by atoms with E-state index in [-0.39, 0.29) is 12.5 Å². The molecule has 1 aromatic carbocycles. The van der Waals surface area contributed by atoms with Crippen molar-refractivity contribution >= 4 is 17.2 Å². The van der Waals surface area contributed by atoms with E-state index < -0.39 is 0 Å². The van der Waals surface area contributed by atoms with Gasteiger partial charge >= 0.3 is 0 Å². The summed E-state index contributed by atoms with van der Waals surface area (Å²) in [5, 5.41) is 15.3. The van der Waals surface area contributed by atoms with Gasteiger partial charge in [-0.15, -0.1) is 0 Å². The predicted molar refractivity (Wildman–Crippen MR) is 126 cm³/mol. The van der Waals surface area contributed by atoms with Crippen molar-refractivity contribution in [1.29, 1.82) is 0 Å². The van der Waals surface area contributed by atoms with Crippen LogP contribution in [0.1, 0.15) is 53.5 Å². The maximum Gasteiger partial charge on any atom is 0.274 e. The number of carbonyl (C=O) groups is 1. The largest absolute Gasteiger partial charge is 0.394 e. The number of rotatable bonds is 7. The Balaban J connectivity index is 0.000000297. The molecule has 176 valence electrons. The van der Waals surface area contributed by atoms with Gasteiger partial charge in [-0.2, -0.15) is 4.98 Å². The highest BCUT2D eigenvalue weighted by Gasteiger charge is 2.29. The van der Waals surface area contributed by atoms with Gasteiger partial charge in [0.2, 0.25) is 11.7 Å². The molecule has 0 radical (unpaired) electrons. The van der Waals surface area contributed by atoms with E-state index in [4.69, 9.17) is 14.4 Å². The van der Waals surface area contributed by atoms with E-state index in [1.807, 2.05) is 49.5 Å². The fraction of sp³-hybridized carbons (Fsp3) is 0.360. The van der Waals surface area contributed by atoms with Crippen LogP contribution in [-0.2, 0) is 4.74 Å². The van der Waals surface area contributed by atoms with E-state index in [2.05, 4.69) is 20.4 Å². The lowest BCUT2D eigenvalue weighted by molar-refractivity contribution is 0.0808. The molecule has 0 unspecified atom stereocenters. The van der Waals surface area contributed by atoms with Gasteiger partial charge < -0.3 is 19.7 Å². The summed E-state index contributed by atoms with van der Waals surface area (Å²) in [5.74, 6) is 1.43. The van der Waals surface area contributed by atoms with E-state index in [0.717, 1.165) is 29.6 Å². The maximum atomic E-state index is 12.8. The van der Waals surface area contributed by atoms with Crippen LogP contribution in [0.15, 0.2) is 53.3 Å². The molecule has 2 fully saturated rings. The number of imidazole rings is 1. The van der Waals surface area contributed by atoms with Gasteiger partial charge in [-0.3, -0.25) is 9.20 Å². The number of ether oxygens (including phenoxy) is 1. The smallest absolute Gasteiger partial charge is 0.274 e. The van der Waals surface area contributed by atoms with Crippen molar-refractivity contribution in [3.8, 4) is 11.4 Å². The van der Waals surface area contributed by atoms with Crippen molar-refractivity contribution in [2.24, 2.45) is 0 Å². The van der Waals surface area contributed by atoms with E-state index in [0.29, 0.717) is 41.7 Å². The number of nitrogens with zero attached hydrogens (tertiary/aromatic N) is 4. The molecule has 0 atom stereocenters. The molecule has 9 nitrogen and oxygen atoms in total. The summed E-state index contributed by atoms with van der Waals surface area (Å²) in [7, 11) is 0. The maximum absolute atomic E-state index is 12.8. The topological polar surface area (TPSA) is 115 Å². The Morgan fingerprint density at radius 2 is 2.09 bits per heavy atom. The van der Waals surface area contributed by atoms with Crippen LogP contribution in [-0.4, -0.2) is 49.9 Å². The molecule has 2 saturated carbocycles. The second kappa shape index (κ2) is 9.74. The van der Waals surface area contributed by atoms with Crippen LogP contribution in [0.5, 0.6) is 0 Å². The molecule has 0 bridgehead atoms. The third-order valence-corrected chi connectivity index (χ3v) is 5.73. The summed E-state index contributed by atoms with van der Waals surface area (Å²) in [5.41, 5.74) is 3.68. The van der Waals surface area contributed by atoms with Crippen LogP contribution in [0.4, 0.5) is 5.69 Å². The Morgan fingerprint density at radius 1 is 1.24 bits per heavy atom. The molecule has 2 aliphatic rings. The number of hydrogen-bond acceptors (Lipinski definition) is 7. The average molecular weight is 462 g/mol. The number of amides is 1. The number of aryl methyl sites for hydroxylation is 1. The van der Waals surface area contributed by atoms with Crippen LogP contribution in [0.2, 0.25) is 0 Å². The van der Waals surface area contributed by atoms with Crippen molar-refractivity contribution in [1.82, 2.24) is 19.5 Å². The zero-order valence-electron chi connectivity index (χ0n) is 19.0. The van der Waals surface area contributed by atoms with Crippen molar-refractivity contribution in [2.45, 2.75) is 44.6 Å². The van der Waals surface area contributed by atoms with Crippen LogP contribution in [0.25, 0.3) is 17.0 Å². The molecule has 1 amide bonds. The first kappa shape index (κ1) is 22.2. The average Bonchev–Trinajstić information content (AvgIpc) is 3.78. The molecule has 0 spiro atoms. The number of aromatic nitrogens is 4. The third kappa shape index (κ3) is 5.16. The molecular weight excluding hydrogens is 434 g/mol. The molecule has 2 N–H and O–H groups in total. The first-order valence-electron chi connectivity index (χ1n) is 11.5. The SMILES string of the molecule is Cc1ccc(-c2noc(C3CC3)n2)cc1NC(=O)c1cnc2ccccn12.OCCOC1CC1. The summed E-state index contributed by atoms with van der Waals surface area (Å²) < 4.78 is 12.2. The van der Waals surface area contributed by atoms with Crippen LogP contribution in [0.3, 0.4) is 0 Å². The number of nitrogens with one attached hydrogen (secondary N) is 1. The van der Waals surface area contributed by atoms with Gasteiger partial charge in [0, 0.05) is 23.4 Å². The molecule has 3 aromatic heterocycles. The molecule has 0 saturated heterocycles. The summed E-state index contributed by atoms with van der Waals surface area (Å²) in [6.07, 6.45) is 8.49. The lowest BCUT2D eigenvalue weighted by Crippen LogP contribution is -2.15. The Bertz CT molecular complexity index is 1290. The summed E-state index contributed by atoms with van der Waals surface area (Å²) >= 11 is 0. The van der Waals surface area contributed by atoms with Gasteiger partial charge in [-0.25, -0.2) is 4.98 Å². The van der Waals surface area contributed by atoms with Crippen LogP contribution >= 0.6 is 0 Å². The molecule has 6 rings (SSSR count). The number of carbonyl (C=O) groups excluding carboxylic acids is 1. The first-order chi connectivity index (χ1) is 16.6. The monoisotopic (exact) mass is 461 g/mol. The number of aliphatic hydroxyl groups is 1. The zero-order valence-corrected chi connectivity index (χ0v) is 19.0. The highest BCUT2D eigenvalue weighted by atomic mass is 16.5. The number of fused-ring (bicyclic) bond motifs is 1. The lowest BCUT2D eigenvalue weighted by Gasteiger charge is -2.09. The van der Waals surface area contributed by atoms with E-state index in [9.17, 15) is 4.79 Å². The molecule has 9 heteroatoms. The molecule has 4 aromatic rings. The molecule has 2 aliphatic carbocycles. The first-order valence-corrected chi connectivity index (χ1v) is 11.5. The van der Waals surface area contributed by atoms with Gasteiger partial charge in [0.1, 0.15) is 11.3 Å². The summed E-state index contributed by atoms with van der Waals surface area (Å²) in [6, 6.07) is 11.4. The lowest BCUT2D eigenvalue weighted by atomic mass is 10.1. The fourth-order valence-electron chi connectivity index (χ4n) is 3.49. The zero-order chi connectivity index (χ0) is 23.5. The van der Waals surface area contributed by atoms with Gasteiger partial charge in [-0.1, -0.05) is 23.4 Å². The fourth-order valence-corrected chi connectivity index (χ4v) is 3.49. The third-order valence-electron chi connectivity index (χ3n) is 5.73. The van der Waals surface area contributed by atoms with Crippen molar-refractivity contribution in [2.75, 3.05) is 18.5 Å².